The highest BCUT2D eigenvalue weighted by atomic mass is 19.1. The third-order valence-electron chi connectivity index (χ3n) is 2.79. The van der Waals surface area contributed by atoms with Gasteiger partial charge >= 0.3 is 0 Å². The number of rotatable bonds is 7. The Labute approximate surface area is 115 Å². The van der Waals surface area contributed by atoms with E-state index in [1.54, 1.807) is 31.2 Å². The molecule has 0 aromatic heterocycles. The van der Waals surface area contributed by atoms with Gasteiger partial charge in [0.05, 0.1) is 0 Å². The molecule has 0 saturated carbocycles. The van der Waals surface area contributed by atoms with Gasteiger partial charge in [0, 0.05) is 11.1 Å². The fourth-order valence-electron chi connectivity index (χ4n) is 1.49. The molecule has 106 valence electrons. The van der Waals surface area contributed by atoms with Gasteiger partial charge in [0.25, 0.3) is 0 Å². The number of nitrogens with two attached hydrogens (primary N) is 1. The van der Waals surface area contributed by atoms with E-state index in [1.165, 1.54) is 0 Å². The average molecular weight is 265 g/mol. The SMILES string of the molecule is C\C=C/C=C(C(\F)=C(/C)CC)/C(=C\CCC)C(N)=O. The smallest absolute Gasteiger partial charge is 0.249 e. The van der Waals surface area contributed by atoms with Gasteiger partial charge in [-0.3, -0.25) is 4.79 Å². The van der Waals surface area contributed by atoms with Gasteiger partial charge in [0.1, 0.15) is 5.83 Å². The zero-order chi connectivity index (χ0) is 14.8. The minimum Gasteiger partial charge on any atom is -0.366 e. The number of carbonyl (C=O) groups is 1. The minimum atomic E-state index is -0.594. The Morgan fingerprint density at radius 2 is 1.89 bits per heavy atom. The van der Waals surface area contributed by atoms with Gasteiger partial charge < -0.3 is 5.73 Å². The molecule has 3 heteroatoms. The second-order valence-corrected chi connectivity index (χ2v) is 4.32. The van der Waals surface area contributed by atoms with E-state index < -0.39 is 5.91 Å². The molecule has 0 fully saturated rings. The summed E-state index contributed by atoms with van der Waals surface area (Å²) in [5.41, 5.74) is 6.51. The molecule has 0 bridgehead atoms. The van der Waals surface area contributed by atoms with E-state index in [-0.39, 0.29) is 17.0 Å². The molecule has 0 aliphatic heterocycles. The van der Waals surface area contributed by atoms with E-state index >= 15 is 0 Å². The Morgan fingerprint density at radius 1 is 1.26 bits per heavy atom. The number of hydrogen-bond donors (Lipinski definition) is 1. The average Bonchev–Trinajstić information content (AvgIpc) is 2.40. The van der Waals surface area contributed by atoms with Crippen molar-refractivity contribution < 1.29 is 9.18 Å². The maximum absolute atomic E-state index is 14.4. The fraction of sp³-hybridized carbons (Fsp3) is 0.438. The molecule has 0 unspecified atom stereocenters. The molecule has 0 rings (SSSR count). The van der Waals surface area contributed by atoms with Gasteiger partial charge in [0.2, 0.25) is 5.91 Å². The van der Waals surface area contributed by atoms with Crippen LogP contribution in [-0.4, -0.2) is 5.91 Å². The molecular formula is C16H24FNO. The molecule has 0 heterocycles. The summed E-state index contributed by atoms with van der Waals surface area (Å²) in [4.78, 5) is 11.5. The van der Waals surface area contributed by atoms with Crippen LogP contribution in [0.15, 0.2) is 46.9 Å². The molecule has 1 amide bonds. The van der Waals surface area contributed by atoms with Crippen LogP contribution < -0.4 is 5.73 Å². The number of unbranched alkanes of at least 4 members (excludes halogenated alkanes) is 1. The van der Waals surface area contributed by atoms with Crippen LogP contribution in [0.1, 0.15) is 47.0 Å². The number of carbonyl (C=O) groups excluding carboxylic acids is 1. The number of amides is 1. The van der Waals surface area contributed by atoms with Crippen molar-refractivity contribution in [1.29, 1.82) is 0 Å². The maximum Gasteiger partial charge on any atom is 0.249 e. The van der Waals surface area contributed by atoms with Crippen LogP contribution in [0.2, 0.25) is 0 Å². The van der Waals surface area contributed by atoms with Gasteiger partial charge in [-0.05, 0) is 32.3 Å². The summed E-state index contributed by atoms with van der Waals surface area (Å²) in [5, 5.41) is 0. The second kappa shape index (κ2) is 9.31. The van der Waals surface area contributed by atoms with Gasteiger partial charge in [-0.15, -0.1) is 0 Å². The molecule has 2 nitrogen and oxygen atoms in total. The standard InChI is InChI=1S/C16H24FNO/c1-5-8-10-13(15(17)12(4)7-3)14(16(18)19)11-9-6-2/h5,8,10-11H,6-7,9H2,1-4H3,(H2,18,19)/b8-5-,13-10-,14-11+,15-12-. The number of hydrogen-bond acceptors (Lipinski definition) is 1. The highest BCUT2D eigenvalue weighted by Crippen LogP contribution is 2.26. The van der Waals surface area contributed by atoms with Gasteiger partial charge in [0.15, 0.2) is 0 Å². The van der Waals surface area contributed by atoms with Crippen LogP contribution in [0.25, 0.3) is 0 Å². The Bertz CT molecular complexity index is 428. The van der Waals surface area contributed by atoms with Crippen LogP contribution in [-0.2, 0) is 4.79 Å². The third-order valence-corrected chi connectivity index (χ3v) is 2.79. The number of primary amides is 1. The van der Waals surface area contributed by atoms with E-state index in [0.29, 0.717) is 18.4 Å². The Kier molecular flexibility index (Phi) is 8.51. The predicted octanol–water partition coefficient (Wildman–Crippen LogP) is 4.35. The van der Waals surface area contributed by atoms with Crippen LogP contribution >= 0.6 is 0 Å². The molecule has 0 spiro atoms. The molecule has 0 saturated heterocycles. The van der Waals surface area contributed by atoms with Crippen LogP contribution in [0.5, 0.6) is 0 Å². The fourth-order valence-corrected chi connectivity index (χ4v) is 1.49. The van der Waals surface area contributed by atoms with Crippen molar-refractivity contribution >= 4 is 5.91 Å². The number of halogens is 1. The van der Waals surface area contributed by atoms with Crippen molar-refractivity contribution in [3.63, 3.8) is 0 Å². The van der Waals surface area contributed by atoms with E-state index in [1.807, 2.05) is 20.8 Å². The van der Waals surface area contributed by atoms with E-state index in [4.69, 9.17) is 5.73 Å². The highest BCUT2D eigenvalue weighted by Gasteiger charge is 2.16. The molecular weight excluding hydrogens is 241 g/mol. The predicted molar refractivity (Wildman–Crippen MR) is 79.2 cm³/mol. The lowest BCUT2D eigenvalue weighted by molar-refractivity contribution is -0.114. The Morgan fingerprint density at radius 3 is 2.32 bits per heavy atom. The van der Waals surface area contributed by atoms with E-state index in [2.05, 4.69) is 0 Å². The summed E-state index contributed by atoms with van der Waals surface area (Å²) in [5.74, 6) is -0.954. The van der Waals surface area contributed by atoms with Gasteiger partial charge in [-0.25, -0.2) is 4.39 Å². The highest BCUT2D eigenvalue weighted by molar-refractivity contribution is 5.97. The lowest BCUT2D eigenvalue weighted by Gasteiger charge is -2.09. The molecule has 0 atom stereocenters. The molecule has 0 radical (unpaired) electrons. The Hall–Kier alpha value is -1.64. The molecule has 0 aliphatic carbocycles. The van der Waals surface area contributed by atoms with Crippen LogP contribution in [0.3, 0.4) is 0 Å². The van der Waals surface area contributed by atoms with Crippen molar-refractivity contribution in [2.24, 2.45) is 5.73 Å². The molecule has 0 aliphatic rings. The largest absolute Gasteiger partial charge is 0.366 e. The second-order valence-electron chi connectivity index (χ2n) is 4.32. The van der Waals surface area contributed by atoms with Gasteiger partial charge in [-0.2, -0.15) is 0 Å². The number of allylic oxidation sites excluding steroid dienone is 6. The molecule has 0 aromatic carbocycles. The molecule has 0 aromatic rings. The first-order valence-electron chi connectivity index (χ1n) is 6.68. The topological polar surface area (TPSA) is 43.1 Å². The Balaban J connectivity index is 5.77. The molecule has 2 N–H and O–H groups in total. The van der Waals surface area contributed by atoms with Crippen molar-refractivity contribution in [2.45, 2.75) is 47.0 Å². The lowest BCUT2D eigenvalue weighted by Crippen LogP contribution is -2.16. The minimum absolute atomic E-state index is 0.255. The quantitative estimate of drug-likeness (QED) is 0.539. The van der Waals surface area contributed by atoms with Crippen molar-refractivity contribution in [3.8, 4) is 0 Å². The zero-order valence-electron chi connectivity index (χ0n) is 12.3. The first kappa shape index (κ1) is 17.4. The van der Waals surface area contributed by atoms with E-state index in [0.717, 1.165) is 6.42 Å². The normalized spacial score (nSPS) is 14.8. The monoisotopic (exact) mass is 265 g/mol. The summed E-state index contributed by atoms with van der Waals surface area (Å²) in [7, 11) is 0. The van der Waals surface area contributed by atoms with Crippen molar-refractivity contribution in [3.05, 3.63) is 46.9 Å². The van der Waals surface area contributed by atoms with Crippen LogP contribution in [0.4, 0.5) is 4.39 Å². The van der Waals surface area contributed by atoms with Crippen molar-refractivity contribution in [1.82, 2.24) is 0 Å². The molecule has 19 heavy (non-hydrogen) atoms. The summed E-state index contributed by atoms with van der Waals surface area (Å²) in [6.45, 7) is 7.43. The summed E-state index contributed by atoms with van der Waals surface area (Å²) in [6, 6.07) is 0. The first-order chi connectivity index (χ1) is 8.99. The lowest BCUT2D eigenvalue weighted by atomic mass is 9.98. The van der Waals surface area contributed by atoms with Gasteiger partial charge in [-0.1, -0.05) is 44.6 Å². The van der Waals surface area contributed by atoms with Crippen molar-refractivity contribution in [2.75, 3.05) is 0 Å². The van der Waals surface area contributed by atoms with Crippen LogP contribution in [0, 0.1) is 0 Å². The third kappa shape index (κ3) is 5.69. The summed E-state index contributed by atoms with van der Waals surface area (Å²) >= 11 is 0. The maximum atomic E-state index is 14.4. The van der Waals surface area contributed by atoms with E-state index in [9.17, 15) is 9.18 Å². The summed E-state index contributed by atoms with van der Waals surface area (Å²) in [6.07, 6.45) is 8.98. The first-order valence-corrected chi connectivity index (χ1v) is 6.68. The summed E-state index contributed by atoms with van der Waals surface area (Å²) < 4.78 is 14.4. The zero-order valence-corrected chi connectivity index (χ0v) is 12.3.